The van der Waals surface area contributed by atoms with E-state index in [9.17, 15) is 0 Å². The highest BCUT2D eigenvalue weighted by Crippen LogP contribution is 2.39. The van der Waals surface area contributed by atoms with Crippen LogP contribution in [0.4, 0.5) is 11.4 Å². The summed E-state index contributed by atoms with van der Waals surface area (Å²) < 4.78 is 6.19. The highest BCUT2D eigenvalue weighted by atomic mass is 16.5. The normalized spacial score (nSPS) is 13.4. The topological polar surface area (TPSA) is 12.5 Å². The molecule has 1 heterocycles. The zero-order valence-electron chi connectivity index (χ0n) is 12.3. The minimum atomic E-state index is 0.901. The molecule has 0 saturated carbocycles. The molecule has 0 saturated heterocycles. The molecule has 1 aliphatic rings. The first-order chi connectivity index (χ1) is 10.9. The largest absolute Gasteiger partial charge is 0.455 e. The summed E-state index contributed by atoms with van der Waals surface area (Å²) >= 11 is 0. The molecule has 3 aromatic rings. The van der Waals surface area contributed by atoms with Crippen LogP contribution < -0.4 is 9.64 Å². The Morgan fingerprint density at radius 2 is 1.36 bits per heavy atom. The second kappa shape index (κ2) is 5.57. The molecule has 4 rings (SSSR count). The van der Waals surface area contributed by atoms with Gasteiger partial charge in [-0.3, -0.25) is 0 Å². The Morgan fingerprint density at radius 3 is 2.23 bits per heavy atom. The molecule has 0 radical (unpaired) electrons. The van der Waals surface area contributed by atoms with Crippen molar-refractivity contribution in [1.29, 1.82) is 0 Å². The van der Waals surface area contributed by atoms with Gasteiger partial charge in [-0.1, -0.05) is 48.5 Å². The van der Waals surface area contributed by atoms with Crippen LogP contribution in [0.1, 0.15) is 5.56 Å². The molecular weight excluding hydrogens is 270 g/mol. The molecule has 2 nitrogen and oxygen atoms in total. The number of para-hydroxylation sites is 4. The van der Waals surface area contributed by atoms with Crippen LogP contribution >= 0.6 is 0 Å². The fourth-order valence-corrected chi connectivity index (χ4v) is 2.92. The number of ether oxygens (including phenoxy) is 1. The maximum atomic E-state index is 6.19. The summed E-state index contributed by atoms with van der Waals surface area (Å²) in [4.78, 5) is 2.32. The van der Waals surface area contributed by atoms with E-state index >= 15 is 0 Å². The van der Waals surface area contributed by atoms with Crippen molar-refractivity contribution in [3.05, 3.63) is 84.4 Å². The predicted octanol–water partition coefficient (Wildman–Crippen LogP) is 5.17. The predicted molar refractivity (Wildman–Crippen MR) is 90.1 cm³/mol. The summed E-state index contributed by atoms with van der Waals surface area (Å²) in [5.74, 6) is 1.86. The first-order valence-corrected chi connectivity index (χ1v) is 7.59. The maximum absolute atomic E-state index is 6.19. The molecule has 3 aromatic carbocycles. The Bertz CT molecular complexity index is 782. The van der Waals surface area contributed by atoms with Crippen molar-refractivity contribution in [3.8, 4) is 11.5 Å². The molecule has 1 aliphatic heterocycles. The molecule has 0 aliphatic carbocycles. The van der Waals surface area contributed by atoms with Gasteiger partial charge in [0.1, 0.15) is 5.75 Å². The molecule has 0 unspecified atom stereocenters. The Morgan fingerprint density at radius 1 is 0.682 bits per heavy atom. The lowest BCUT2D eigenvalue weighted by atomic mass is 10.1. The van der Waals surface area contributed by atoms with Gasteiger partial charge in [0.05, 0.1) is 5.69 Å². The molecule has 0 aromatic heterocycles. The molecule has 108 valence electrons. The third kappa shape index (κ3) is 2.33. The number of benzene rings is 3. The van der Waals surface area contributed by atoms with Crippen molar-refractivity contribution in [2.24, 2.45) is 0 Å². The standard InChI is InChI=1S/C20H17NO/c1-2-9-17(10-3-1)21-15-14-16-8-4-6-12-19(16)22-20-13-7-5-11-18(20)21/h1-13H,14-15H2. The van der Waals surface area contributed by atoms with Gasteiger partial charge in [-0.15, -0.1) is 0 Å². The number of hydrogen-bond donors (Lipinski definition) is 0. The lowest BCUT2D eigenvalue weighted by molar-refractivity contribution is 0.472. The lowest BCUT2D eigenvalue weighted by Crippen LogP contribution is -2.22. The van der Waals surface area contributed by atoms with Crippen LogP contribution in [0.5, 0.6) is 11.5 Å². The minimum Gasteiger partial charge on any atom is -0.455 e. The smallest absolute Gasteiger partial charge is 0.151 e. The van der Waals surface area contributed by atoms with E-state index in [0.29, 0.717) is 0 Å². The molecule has 0 spiro atoms. The summed E-state index contributed by atoms with van der Waals surface area (Å²) in [6.45, 7) is 0.932. The van der Waals surface area contributed by atoms with Crippen molar-refractivity contribution < 1.29 is 4.74 Å². The summed E-state index contributed by atoms with van der Waals surface area (Å²) in [6.07, 6.45) is 0.958. The van der Waals surface area contributed by atoms with Gasteiger partial charge in [0, 0.05) is 12.2 Å². The van der Waals surface area contributed by atoms with Crippen molar-refractivity contribution in [2.75, 3.05) is 11.4 Å². The molecule has 2 heteroatoms. The Balaban J connectivity index is 1.83. The average Bonchev–Trinajstić information content (AvgIpc) is 2.56. The van der Waals surface area contributed by atoms with E-state index in [1.165, 1.54) is 11.3 Å². The quantitative estimate of drug-likeness (QED) is 0.612. The second-order valence-electron chi connectivity index (χ2n) is 5.41. The lowest BCUT2D eigenvalue weighted by Gasteiger charge is -2.29. The van der Waals surface area contributed by atoms with Gasteiger partial charge < -0.3 is 9.64 Å². The second-order valence-corrected chi connectivity index (χ2v) is 5.41. The molecule has 0 amide bonds. The average molecular weight is 287 g/mol. The van der Waals surface area contributed by atoms with Gasteiger partial charge in [0.25, 0.3) is 0 Å². The zero-order valence-corrected chi connectivity index (χ0v) is 12.3. The highest BCUT2D eigenvalue weighted by molar-refractivity contribution is 5.70. The first kappa shape index (κ1) is 13.0. The Hall–Kier alpha value is -2.74. The van der Waals surface area contributed by atoms with Crippen LogP contribution in [0.25, 0.3) is 0 Å². The molecule has 22 heavy (non-hydrogen) atoms. The van der Waals surface area contributed by atoms with Gasteiger partial charge in [-0.25, -0.2) is 0 Å². The Kier molecular flexibility index (Phi) is 3.28. The van der Waals surface area contributed by atoms with E-state index in [0.717, 1.165) is 30.2 Å². The van der Waals surface area contributed by atoms with Crippen molar-refractivity contribution in [1.82, 2.24) is 0 Å². The van der Waals surface area contributed by atoms with Crippen LogP contribution in [0.2, 0.25) is 0 Å². The fourth-order valence-electron chi connectivity index (χ4n) is 2.92. The van der Waals surface area contributed by atoms with Crippen LogP contribution in [0.3, 0.4) is 0 Å². The van der Waals surface area contributed by atoms with E-state index < -0.39 is 0 Å². The van der Waals surface area contributed by atoms with E-state index in [2.05, 4.69) is 53.4 Å². The highest BCUT2D eigenvalue weighted by Gasteiger charge is 2.18. The monoisotopic (exact) mass is 287 g/mol. The van der Waals surface area contributed by atoms with Crippen LogP contribution in [-0.4, -0.2) is 6.54 Å². The zero-order chi connectivity index (χ0) is 14.8. The van der Waals surface area contributed by atoms with Gasteiger partial charge in [0.15, 0.2) is 5.75 Å². The molecule has 0 atom stereocenters. The van der Waals surface area contributed by atoms with Crippen LogP contribution in [-0.2, 0) is 6.42 Å². The molecule has 0 N–H and O–H groups in total. The van der Waals surface area contributed by atoms with E-state index in [-0.39, 0.29) is 0 Å². The van der Waals surface area contributed by atoms with Gasteiger partial charge in [-0.05, 0) is 42.3 Å². The summed E-state index contributed by atoms with van der Waals surface area (Å²) in [6, 6.07) is 27.0. The molecule has 0 bridgehead atoms. The number of rotatable bonds is 1. The first-order valence-electron chi connectivity index (χ1n) is 7.59. The van der Waals surface area contributed by atoms with Crippen LogP contribution in [0.15, 0.2) is 78.9 Å². The SMILES string of the molecule is c1ccc(N2CCc3ccccc3Oc3ccccc32)cc1. The third-order valence-corrected chi connectivity index (χ3v) is 4.02. The van der Waals surface area contributed by atoms with Gasteiger partial charge in [-0.2, -0.15) is 0 Å². The van der Waals surface area contributed by atoms with Gasteiger partial charge in [0.2, 0.25) is 0 Å². The molecule has 0 fully saturated rings. The number of anilines is 2. The molecular formula is C20H17NO. The minimum absolute atomic E-state index is 0.901. The number of hydrogen-bond acceptors (Lipinski definition) is 2. The van der Waals surface area contributed by atoms with Crippen molar-refractivity contribution in [3.63, 3.8) is 0 Å². The van der Waals surface area contributed by atoms with Crippen molar-refractivity contribution >= 4 is 11.4 Å². The van der Waals surface area contributed by atoms with Crippen LogP contribution in [0, 0.1) is 0 Å². The third-order valence-electron chi connectivity index (χ3n) is 4.02. The van der Waals surface area contributed by atoms with E-state index in [1.54, 1.807) is 0 Å². The summed E-state index contributed by atoms with van der Waals surface area (Å²) in [5, 5.41) is 0. The van der Waals surface area contributed by atoms with Gasteiger partial charge >= 0.3 is 0 Å². The number of fused-ring (bicyclic) bond motifs is 2. The van der Waals surface area contributed by atoms with E-state index in [4.69, 9.17) is 4.74 Å². The van der Waals surface area contributed by atoms with E-state index in [1.807, 2.05) is 30.3 Å². The maximum Gasteiger partial charge on any atom is 0.151 e. The fraction of sp³-hybridized carbons (Fsp3) is 0.100. The Labute approximate surface area is 130 Å². The summed E-state index contributed by atoms with van der Waals surface area (Å²) in [7, 11) is 0. The summed E-state index contributed by atoms with van der Waals surface area (Å²) in [5.41, 5.74) is 3.55. The number of nitrogens with zero attached hydrogens (tertiary/aromatic N) is 1. The van der Waals surface area contributed by atoms with Crippen molar-refractivity contribution in [2.45, 2.75) is 6.42 Å².